The molecule has 192 valence electrons. The predicted octanol–water partition coefficient (Wildman–Crippen LogP) is 4.85. The smallest absolute Gasteiger partial charge is 0.378 e. The molecule has 36 heavy (non-hydrogen) atoms. The van der Waals surface area contributed by atoms with E-state index in [-0.39, 0.29) is 23.5 Å². The molecule has 7 nitrogen and oxygen atoms in total. The Labute approximate surface area is 214 Å². The summed E-state index contributed by atoms with van der Waals surface area (Å²) in [5.74, 6) is -0.649. The summed E-state index contributed by atoms with van der Waals surface area (Å²) < 4.78 is 46.9. The zero-order chi connectivity index (χ0) is 26.0. The lowest BCUT2D eigenvalue weighted by molar-refractivity contribution is -0.137. The number of anilines is 2. The SMILES string of the molecule is C=CCn1c(SCC(=O)Nc2cc(C(F)(F)F)ccc2N2CCOCC2)nc2sc(C)c(C)c2c1=O. The van der Waals surface area contributed by atoms with Crippen molar-refractivity contribution in [2.45, 2.75) is 31.7 Å². The van der Waals surface area contributed by atoms with E-state index in [9.17, 15) is 22.8 Å². The van der Waals surface area contributed by atoms with Crippen molar-refractivity contribution in [1.82, 2.24) is 9.55 Å². The average molecular weight is 539 g/mol. The molecule has 1 aromatic carbocycles. The monoisotopic (exact) mass is 538 g/mol. The van der Waals surface area contributed by atoms with E-state index in [0.717, 1.165) is 34.3 Å². The Morgan fingerprint density at radius 3 is 2.69 bits per heavy atom. The van der Waals surface area contributed by atoms with Gasteiger partial charge in [-0.1, -0.05) is 17.8 Å². The van der Waals surface area contributed by atoms with Gasteiger partial charge in [0.05, 0.1) is 41.3 Å². The van der Waals surface area contributed by atoms with Gasteiger partial charge in [-0.2, -0.15) is 13.2 Å². The van der Waals surface area contributed by atoms with Gasteiger partial charge in [-0.05, 0) is 37.6 Å². The second kappa shape index (κ2) is 10.7. The van der Waals surface area contributed by atoms with E-state index in [1.165, 1.54) is 22.0 Å². The number of alkyl halides is 3. The summed E-state index contributed by atoms with van der Waals surface area (Å²) in [6.45, 7) is 9.60. The van der Waals surface area contributed by atoms with E-state index in [2.05, 4.69) is 16.9 Å². The number of hydrogen-bond donors (Lipinski definition) is 1. The third kappa shape index (κ3) is 5.45. The highest BCUT2D eigenvalue weighted by Gasteiger charge is 2.32. The summed E-state index contributed by atoms with van der Waals surface area (Å²) in [7, 11) is 0. The Bertz CT molecular complexity index is 1360. The second-order valence-electron chi connectivity index (χ2n) is 8.23. The molecule has 0 spiro atoms. The Hall–Kier alpha value is -2.83. The fraction of sp³-hybridized carbons (Fsp3) is 0.375. The number of morpholine rings is 1. The number of thiophene rings is 1. The van der Waals surface area contributed by atoms with Crippen molar-refractivity contribution in [3.8, 4) is 0 Å². The van der Waals surface area contributed by atoms with Crippen LogP contribution in [0.5, 0.6) is 0 Å². The highest BCUT2D eigenvalue weighted by atomic mass is 32.2. The summed E-state index contributed by atoms with van der Waals surface area (Å²) >= 11 is 2.46. The van der Waals surface area contributed by atoms with Crippen molar-refractivity contribution in [2.24, 2.45) is 0 Å². The van der Waals surface area contributed by atoms with Gasteiger partial charge in [-0.25, -0.2) is 4.98 Å². The van der Waals surface area contributed by atoms with Gasteiger partial charge in [-0.3, -0.25) is 14.2 Å². The van der Waals surface area contributed by atoms with Gasteiger partial charge >= 0.3 is 6.18 Å². The number of carbonyl (C=O) groups excluding carboxylic acids is 1. The number of thioether (sulfide) groups is 1. The van der Waals surface area contributed by atoms with E-state index in [4.69, 9.17) is 4.74 Å². The predicted molar refractivity (Wildman–Crippen MR) is 137 cm³/mol. The number of amides is 1. The number of carbonyl (C=O) groups is 1. The number of nitrogens with zero attached hydrogens (tertiary/aromatic N) is 3. The third-order valence-electron chi connectivity index (χ3n) is 5.85. The fourth-order valence-electron chi connectivity index (χ4n) is 3.92. The van der Waals surface area contributed by atoms with Crippen molar-refractivity contribution in [3.63, 3.8) is 0 Å². The third-order valence-corrected chi connectivity index (χ3v) is 7.93. The highest BCUT2D eigenvalue weighted by molar-refractivity contribution is 7.99. The number of halogens is 3. The van der Waals surface area contributed by atoms with Crippen LogP contribution in [0.3, 0.4) is 0 Å². The van der Waals surface area contributed by atoms with E-state index < -0.39 is 17.6 Å². The molecule has 0 atom stereocenters. The first kappa shape index (κ1) is 26.2. The number of allylic oxidation sites excluding steroid dienone is 1. The van der Waals surface area contributed by atoms with Crippen LogP contribution < -0.4 is 15.8 Å². The topological polar surface area (TPSA) is 76.5 Å². The van der Waals surface area contributed by atoms with Crippen molar-refractivity contribution in [3.05, 3.63) is 57.2 Å². The zero-order valence-corrected chi connectivity index (χ0v) is 21.4. The quantitative estimate of drug-likeness (QED) is 0.263. The number of benzene rings is 1. The van der Waals surface area contributed by atoms with Gasteiger partial charge in [0.2, 0.25) is 5.91 Å². The normalized spacial score (nSPS) is 14.3. The minimum Gasteiger partial charge on any atom is -0.378 e. The number of rotatable bonds is 7. The highest BCUT2D eigenvalue weighted by Crippen LogP contribution is 2.36. The lowest BCUT2D eigenvalue weighted by atomic mass is 10.1. The van der Waals surface area contributed by atoms with Crippen LogP contribution in [0.1, 0.15) is 16.0 Å². The number of aromatic nitrogens is 2. The Balaban J connectivity index is 1.59. The standard InChI is InChI=1S/C24H25F3N4O3S2/c1-4-7-31-22(33)20-14(2)15(3)36-21(20)29-23(31)35-13-19(32)28-17-12-16(24(25,26)27)5-6-18(17)30-8-10-34-11-9-30/h4-6,12H,1,7-11,13H2,2-3H3,(H,28,32). The number of nitrogens with one attached hydrogen (secondary N) is 1. The molecule has 0 radical (unpaired) electrons. The van der Waals surface area contributed by atoms with E-state index in [1.807, 2.05) is 18.7 Å². The molecule has 1 N–H and O–H groups in total. The fourth-order valence-corrected chi connectivity index (χ4v) is 5.80. The van der Waals surface area contributed by atoms with E-state index in [1.54, 1.807) is 6.08 Å². The van der Waals surface area contributed by atoms with Crippen LogP contribution in [-0.2, 0) is 22.3 Å². The van der Waals surface area contributed by atoms with Gasteiger partial charge in [0.25, 0.3) is 5.56 Å². The minimum atomic E-state index is -4.55. The van der Waals surface area contributed by atoms with Crippen LogP contribution in [0.15, 0.2) is 40.8 Å². The summed E-state index contributed by atoms with van der Waals surface area (Å²) in [5.41, 5.74) is 0.390. The second-order valence-corrected chi connectivity index (χ2v) is 10.4. The van der Waals surface area contributed by atoms with Gasteiger partial charge in [0, 0.05) is 24.5 Å². The average Bonchev–Trinajstić information content (AvgIpc) is 3.13. The molecular weight excluding hydrogens is 513 g/mol. The van der Waals surface area contributed by atoms with Gasteiger partial charge in [-0.15, -0.1) is 17.9 Å². The van der Waals surface area contributed by atoms with Crippen LogP contribution in [0.2, 0.25) is 0 Å². The molecule has 4 rings (SSSR count). The number of aryl methyl sites for hydroxylation is 2. The molecule has 1 fully saturated rings. The zero-order valence-electron chi connectivity index (χ0n) is 19.8. The molecule has 3 heterocycles. The molecular formula is C24H25F3N4O3S2. The maximum Gasteiger partial charge on any atom is 0.416 e. The molecule has 1 amide bonds. The summed E-state index contributed by atoms with van der Waals surface area (Å²) in [6.07, 6.45) is -2.97. The first-order chi connectivity index (χ1) is 17.1. The van der Waals surface area contributed by atoms with E-state index in [0.29, 0.717) is 47.4 Å². The van der Waals surface area contributed by atoms with Crippen molar-refractivity contribution >= 4 is 50.6 Å². The Kier molecular flexibility index (Phi) is 7.76. The lowest BCUT2D eigenvalue weighted by Gasteiger charge is -2.31. The number of ether oxygens (including phenoxy) is 1. The van der Waals surface area contributed by atoms with Gasteiger partial charge < -0.3 is 15.0 Å². The first-order valence-electron chi connectivity index (χ1n) is 11.2. The minimum absolute atomic E-state index is 0.0775. The lowest BCUT2D eigenvalue weighted by Crippen LogP contribution is -2.37. The Morgan fingerprint density at radius 1 is 1.31 bits per heavy atom. The molecule has 2 aromatic heterocycles. The van der Waals surface area contributed by atoms with Crippen molar-refractivity contribution < 1.29 is 22.7 Å². The number of hydrogen-bond acceptors (Lipinski definition) is 7. The molecule has 0 saturated carbocycles. The van der Waals surface area contributed by atoms with Crippen LogP contribution in [0, 0.1) is 13.8 Å². The Morgan fingerprint density at radius 2 is 2.03 bits per heavy atom. The van der Waals surface area contributed by atoms with Crippen LogP contribution in [-0.4, -0.2) is 47.5 Å². The van der Waals surface area contributed by atoms with E-state index >= 15 is 0 Å². The van der Waals surface area contributed by atoms with Crippen molar-refractivity contribution in [2.75, 3.05) is 42.3 Å². The first-order valence-corrected chi connectivity index (χ1v) is 13.0. The summed E-state index contributed by atoms with van der Waals surface area (Å²) in [4.78, 5) is 34.0. The number of fused-ring (bicyclic) bond motifs is 1. The maximum atomic E-state index is 13.4. The molecule has 0 aliphatic carbocycles. The van der Waals surface area contributed by atoms with Crippen LogP contribution in [0.4, 0.5) is 24.5 Å². The summed E-state index contributed by atoms with van der Waals surface area (Å²) in [5, 5.41) is 3.53. The van der Waals surface area contributed by atoms with Crippen LogP contribution in [0.25, 0.3) is 10.2 Å². The maximum absolute atomic E-state index is 13.4. The summed E-state index contributed by atoms with van der Waals surface area (Å²) in [6, 6.07) is 3.32. The van der Waals surface area contributed by atoms with Crippen molar-refractivity contribution in [1.29, 1.82) is 0 Å². The molecule has 0 unspecified atom stereocenters. The van der Waals surface area contributed by atoms with Gasteiger partial charge in [0.15, 0.2) is 5.16 Å². The molecule has 12 heteroatoms. The molecule has 0 bridgehead atoms. The van der Waals surface area contributed by atoms with Gasteiger partial charge in [0.1, 0.15) is 4.83 Å². The largest absolute Gasteiger partial charge is 0.416 e. The molecule has 1 aliphatic rings. The van der Waals surface area contributed by atoms with Crippen LogP contribution >= 0.6 is 23.1 Å². The molecule has 1 aliphatic heterocycles. The molecule has 1 saturated heterocycles. The molecule has 3 aromatic rings.